The standard InChI is InChI=1S/C14H26N4O2/c15-12(13(19)20)6-5-7-16-14(17-8-1-2-9-17)18-10-3-4-11-18/h12H,1-11,15H2,(H,19,20). The molecule has 2 aliphatic rings. The van der Waals surface area contributed by atoms with E-state index in [0.717, 1.165) is 38.6 Å². The fraction of sp³-hybridized carbons (Fsp3) is 0.857. The summed E-state index contributed by atoms with van der Waals surface area (Å²) in [4.78, 5) is 20.2. The van der Waals surface area contributed by atoms with Gasteiger partial charge < -0.3 is 20.6 Å². The molecule has 6 heteroatoms. The van der Waals surface area contributed by atoms with E-state index in [1.54, 1.807) is 0 Å². The number of carboxylic acid groups (broad SMARTS) is 1. The molecular weight excluding hydrogens is 256 g/mol. The lowest BCUT2D eigenvalue weighted by Gasteiger charge is -2.28. The summed E-state index contributed by atoms with van der Waals surface area (Å²) in [6, 6.07) is -0.757. The van der Waals surface area contributed by atoms with Crippen LogP contribution < -0.4 is 5.73 Å². The molecule has 2 saturated heterocycles. The van der Waals surface area contributed by atoms with Crippen LogP contribution in [-0.2, 0) is 4.79 Å². The van der Waals surface area contributed by atoms with Gasteiger partial charge in [0.1, 0.15) is 6.04 Å². The van der Waals surface area contributed by atoms with Gasteiger partial charge in [-0.05, 0) is 38.5 Å². The number of guanidine groups is 1. The predicted molar refractivity (Wildman–Crippen MR) is 78.8 cm³/mol. The lowest BCUT2D eigenvalue weighted by molar-refractivity contribution is -0.138. The smallest absolute Gasteiger partial charge is 0.320 e. The first-order valence-corrected chi connectivity index (χ1v) is 7.71. The van der Waals surface area contributed by atoms with Gasteiger partial charge in [0.2, 0.25) is 0 Å². The van der Waals surface area contributed by atoms with E-state index in [-0.39, 0.29) is 0 Å². The molecule has 0 aromatic heterocycles. The number of rotatable bonds is 5. The molecule has 0 aromatic rings. The van der Waals surface area contributed by atoms with Crippen molar-refractivity contribution in [1.82, 2.24) is 9.80 Å². The van der Waals surface area contributed by atoms with Gasteiger partial charge in [-0.15, -0.1) is 0 Å². The van der Waals surface area contributed by atoms with Gasteiger partial charge in [0, 0.05) is 32.7 Å². The maximum Gasteiger partial charge on any atom is 0.320 e. The molecule has 0 amide bonds. The van der Waals surface area contributed by atoms with E-state index in [4.69, 9.17) is 15.8 Å². The fourth-order valence-electron chi connectivity index (χ4n) is 2.85. The summed E-state index contributed by atoms with van der Waals surface area (Å²) in [5, 5.41) is 8.76. The Hall–Kier alpha value is -1.30. The molecule has 0 bridgehead atoms. The maximum absolute atomic E-state index is 10.7. The van der Waals surface area contributed by atoms with Gasteiger partial charge in [-0.3, -0.25) is 9.79 Å². The van der Waals surface area contributed by atoms with Crippen LogP contribution >= 0.6 is 0 Å². The van der Waals surface area contributed by atoms with Crippen LogP contribution in [0, 0.1) is 0 Å². The number of nitrogens with two attached hydrogens (primary N) is 1. The first-order valence-electron chi connectivity index (χ1n) is 7.71. The molecule has 0 aliphatic carbocycles. The molecular formula is C14H26N4O2. The number of aliphatic imine (C=N–C) groups is 1. The van der Waals surface area contributed by atoms with Crippen molar-refractivity contribution in [2.24, 2.45) is 10.7 Å². The zero-order valence-electron chi connectivity index (χ0n) is 12.1. The van der Waals surface area contributed by atoms with Crippen molar-refractivity contribution in [3.05, 3.63) is 0 Å². The molecule has 2 heterocycles. The van der Waals surface area contributed by atoms with E-state index in [2.05, 4.69) is 9.80 Å². The first-order chi connectivity index (χ1) is 9.68. The van der Waals surface area contributed by atoms with Gasteiger partial charge in [-0.25, -0.2) is 0 Å². The Bertz CT molecular complexity index is 329. The highest BCUT2D eigenvalue weighted by Gasteiger charge is 2.23. The van der Waals surface area contributed by atoms with E-state index in [0.29, 0.717) is 13.0 Å². The van der Waals surface area contributed by atoms with Crippen LogP contribution in [0.25, 0.3) is 0 Å². The van der Waals surface area contributed by atoms with Crippen LogP contribution in [0.5, 0.6) is 0 Å². The summed E-state index contributed by atoms with van der Waals surface area (Å²) in [6.07, 6.45) is 6.21. The van der Waals surface area contributed by atoms with Gasteiger partial charge in [0.05, 0.1) is 0 Å². The summed E-state index contributed by atoms with van der Waals surface area (Å²) in [5.41, 5.74) is 5.51. The van der Waals surface area contributed by atoms with Gasteiger partial charge in [0.25, 0.3) is 0 Å². The van der Waals surface area contributed by atoms with E-state index < -0.39 is 12.0 Å². The maximum atomic E-state index is 10.7. The third-order valence-electron chi connectivity index (χ3n) is 4.02. The molecule has 0 aromatic carbocycles. The molecule has 2 fully saturated rings. The quantitative estimate of drug-likeness (QED) is 0.441. The SMILES string of the molecule is NC(CCCN=C(N1CCCC1)N1CCCC1)C(=O)O. The lowest BCUT2D eigenvalue weighted by Crippen LogP contribution is -2.41. The van der Waals surface area contributed by atoms with Crippen LogP contribution in [0.1, 0.15) is 38.5 Å². The van der Waals surface area contributed by atoms with Crippen LogP contribution in [-0.4, -0.2) is 65.6 Å². The highest BCUT2D eigenvalue weighted by atomic mass is 16.4. The summed E-state index contributed by atoms with van der Waals surface area (Å²) < 4.78 is 0. The Morgan fingerprint density at radius 1 is 1.10 bits per heavy atom. The Morgan fingerprint density at radius 3 is 2.05 bits per heavy atom. The van der Waals surface area contributed by atoms with E-state index in [1.807, 2.05) is 0 Å². The summed E-state index contributed by atoms with van der Waals surface area (Å²) in [5.74, 6) is 0.206. The number of aliphatic carboxylic acids is 1. The second-order valence-electron chi connectivity index (χ2n) is 5.66. The number of carboxylic acids is 1. The fourth-order valence-corrected chi connectivity index (χ4v) is 2.85. The number of nitrogens with zero attached hydrogens (tertiary/aromatic N) is 3. The molecule has 1 atom stereocenters. The van der Waals surface area contributed by atoms with Gasteiger partial charge in [-0.1, -0.05) is 0 Å². The van der Waals surface area contributed by atoms with Gasteiger partial charge >= 0.3 is 5.97 Å². The van der Waals surface area contributed by atoms with Crippen LogP contribution in [0.4, 0.5) is 0 Å². The zero-order valence-corrected chi connectivity index (χ0v) is 12.1. The van der Waals surface area contributed by atoms with Gasteiger partial charge in [-0.2, -0.15) is 0 Å². The number of hydrogen-bond acceptors (Lipinski definition) is 3. The molecule has 114 valence electrons. The molecule has 2 rings (SSSR count). The van der Waals surface area contributed by atoms with Gasteiger partial charge in [0.15, 0.2) is 5.96 Å². The summed E-state index contributed by atoms with van der Waals surface area (Å²) in [6.45, 7) is 5.07. The number of carbonyl (C=O) groups is 1. The van der Waals surface area contributed by atoms with Crippen molar-refractivity contribution in [1.29, 1.82) is 0 Å². The van der Waals surface area contributed by atoms with Crippen molar-refractivity contribution in [3.63, 3.8) is 0 Å². The molecule has 0 radical (unpaired) electrons. The predicted octanol–water partition coefficient (Wildman–Crippen LogP) is 0.726. The minimum Gasteiger partial charge on any atom is -0.480 e. The van der Waals surface area contributed by atoms with Crippen molar-refractivity contribution in [3.8, 4) is 0 Å². The zero-order chi connectivity index (χ0) is 14.4. The molecule has 20 heavy (non-hydrogen) atoms. The second kappa shape index (κ2) is 7.47. The largest absolute Gasteiger partial charge is 0.480 e. The van der Waals surface area contributed by atoms with E-state index >= 15 is 0 Å². The Balaban J connectivity index is 1.85. The second-order valence-corrected chi connectivity index (χ2v) is 5.66. The minimum absolute atomic E-state index is 0.492. The number of hydrogen-bond donors (Lipinski definition) is 2. The topological polar surface area (TPSA) is 82.2 Å². The summed E-state index contributed by atoms with van der Waals surface area (Å²) in [7, 11) is 0. The average Bonchev–Trinajstić information content (AvgIpc) is 3.11. The molecule has 2 aliphatic heterocycles. The van der Waals surface area contributed by atoms with Crippen LogP contribution in [0.15, 0.2) is 4.99 Å². The Morgan fingerprint density at radius 2 is 1.60 bits per heavy atom. The molecule has 0 saturated carbocycles. The van der Waals surface area contributed by atoms with E-state index in [1.165, 1.54) is 25.7 Å². The summed E-state index contributed by atoms with van der Waals surface area (Å²) >= 11 is 0. The first kappa shape index (κ1) is 15.1. The molecule has 6 nitrogen and oxygen atoms in total. The molecule has 0 spiro atoms. The normalized spacial score (nSPS) is 20.2. The van der Waals surface area contributed by atoms with Crippen molar-refractivity contribution < 1.29 is 9.90 Å². The van der Waals surface area contributed by atoms with Crippen LogP contribution in [0.3, 0.4) is 0 Å². The van der Waals surface area contributed by atoms with Crippen molar-refractivity contribution in [2.75, 3.05) is 32.7 Å². The Kier molecular flexibility index (Phi) is 5.64. The molecule has 1 unspecified atom stereocenters. The third-order valence-corrected chi connectivity index (χ3v) is 4.02. The molecule has 3 N–H and O–H groups in total. The monoisotopic (exact) mass is 282 g/mol. The lowest BCUT2D eigenvalue weighted by atomic mass is 10.2. The highest BCUT2D eigenvalue weighted by molar-refractivity contribution is 5.80. The highest BCUT2D eigenvalue weighted by Crippen LogP contribution is 2.16. The van der Waals surface area contributed by atoms with E-state index in [9.17, 15) is 4.79 Å². The third kappa shape index (κ3) is 4.10. The Labute approximate surface area is 120 Å². The van der Waals surface area contributed by atoms with Crippen LogP contribution in [0.2, 0.25) is 0 Å². The minimum atomic E-state index is -0.923. The average molecular weight is 282 g/mol. The number of likely N-dealkylation sites (tertiary alicyclic amines) is 2. The van der Waals surface area contributed by atoms with Crippen molar-refractivity contribution >= 4 is 11.9 Å². The van der Waals surface area contributed by atoms with Crippen molar-refractivity contribution in [2.45, 2.75) is 44.6 Å².